The van der Waals surface area contributed by atoms with Crippen LogP contribution in [0.5, 0.6) is 0 Å². The van der Waals surface area contributed by atoms with E-state index in [0.717, 1.165) is 5.69 Å². The van der Waals surface area contributed by atoms with E-state index in [-0.39, 0.29) is 11.7 Å². The number of allylic oxidation sites excluding steroid dienone is 1. The molecular formula is C12H15NO. The highest BCUT2D eigenvalue weighted by molar-refractivity contribution is 5.91. The molecule has 2 heteroatoms. The van der Waals surface area contributed by atoms with Crippen molar-refractivity contribution < 1.29 is 4.79 Å². The Morgan fingerprint density at radius 3 is 2.50 bits per heavy atom. The minimum absolute atomic E-state index is 0.0591. The second-order valence-electron chi connectivity index (χ2n) is 3.40. The maximum Gasteiger partial charge on any atom is 0.159 e. The van der Waals surface area contributed by atoms with Crippen molar-refractivity contribution in [3.63, 3.8) is 0 Å². The Kier molecular flexibility index (Phi) is 3.92. The summed E-state index contributed by atoms with van der Waals surface area (Å²) in [5.41, 5.74) is 0.986. The molecule has 1 aromatic rings. The molecule has 0 atom stereocenters. The third kappa shape index (κ3) is 3.44. The molecule has 74 valence electrons. The zero-order chi connectivity index (χ0) is 10.4. The van der Waals surface area contributed by atoms with Crippen molar-refractivity contribution in [2.75, 3.05) is 5.32 Å². The van der Waals surface area contributed by atoms with Crippen molar-refractivity contribution in [1.29, 1.82) is 0 Å². The number of anilines is 1. The van der Waals surface area contributed by atoms with Crippen LogP contribution >= 0.6 is 0 Å². The number of para-hydroxylation sites is 1. The molecule has 0 radical (unpaired) electrons. The lowest BCUT2D eigenvalue weighted by Gasteiger charge is -2.00. The molecule has 0 amide bonds. The Labute approximate surface area is 84.6 Å². The van der Waals surface area contributed by atoms with Crippen LogP contribution in [0.15, 0.2) is 42.6 Å². The predicted molar refractivity (Wildman–Crippen MR) is 59.0 cm³/mol. The molecule has 0 aliphatic heterocycles. The van der Waals surface area contributed by atoms with Gasteiger partial charge in [0.25, 0.3) is 0 Å². The van der Waals surface area contributed by atoms with Crippen LogP contribution in [0.4, 0.5) is 5.69 Å². The molecule has 2 nitrogen and oxygen atoms in total. The molecule has 1 aromatic carbocycles. The Morgan fingerprint density at radius 2 is 1.93 bits per heavy atom. The van der Waals surface area contributed by atoms with Gasteiger partial charge in [0.1, 0.15) is 0 Å². The fraction of sp³-hybridized carbons (Fsp3) is 0.250. The topological polar surface area (TPSA) is 29.1 Å². The van der Waals surface area contributed by atoms with Gasteiger partial charge >= 0.3 is 0 Å². The van der Waals surface area contributed by atoms with Crippen molar-refractivity contribution in [3.8, 4) is 0 Å². The summed E-state index contributed by atoms with van der Waals surface area (Å²) in [5, 5.41) is 3.03. The molecule has 0 unspecified atom stereocenters. The summed E-state index contributed by atoms with van der Waals surface area (Å²) in [6.45, 7) is 3.77. The van der Waals surface area contributed by atoms with Crippen LogP contribution in [-0.2, 0) is 4.79 Å². The summed E-state index contributed by atoms with van der Waals surface area (Å²) >= 11 is 0. The second kappa shape index (κ2) is 5.22. The number of ketones is 1. The fourth-order valence-corrected chi connectivity index (χ4v) is 0.947. The summed E-state index contributed by atoms with van der Waals surface area (Å²) in [6, 6.07) is 9.74. The molecule has 1 N–H and O–H groups in total. The van der Waals surface area contributed by atoms with Gasteiger partial charge in [-0.25, -0.2) is 0 Å². The zero-order valence-corrected chi connectivity index (χ0v) is 8.53. The smallest absolute Gasteiger partial charge is 0.159 e. The van der Waals surface area contributed by atoms with Gasteiger partial charge in [-0.1, -0.05) is 32.0 Å². The van der Waals surface area contributed by atoms with Gasteiger partial charge in [0, 0.05) is 17.8 Å². The Balaban J connectivity index is 2.45. The van der Waals surface area contributed by atoms with Crippen LogP contribution in [0, 0.1) is 5.92 Å². The Hall–Kier alpha value is -1.57. The molecule has 0 heterocycles. The highest BCUT2D eigenvalue weighted by atomic mass is 16.1. The molecule has 0 aliphatic carbocycles. The molecule has 0 fully saturated rings. The molecule has 0 spiro atoms. The fourth-order valence-electron chi connectivity index (χ4n) is 0.947. The van der Waals surface area contributed by atoms with Gasteiger partial charge in [-0.3, -0.25) is 4.79 Å². The van der Waals surface area contributed by atoms with Crippen molar-refractivity contribution in [2.24, 2.45) is 5.92 Å². The third-order valence-corrected chi connectivity index (χ3v) is 1.84. The summed E-state index contributed by atoms with van der Waals surface area (Å²) < 4.78 is 0. The average Bonchev–Trinajstić information content (AvgIpc) is 2.19. The Bertz CT molecular complexity index is 314. The minimum Gasteiger partial charge on any atom is -0.362 e. The SMILES string of the molecule is CC(C)C(=O)/C=C/Nc1ccccc1. The summed E-state index contributed by atoms with van der Waals surface area (Å²) in [6.07, 6.45) is 3.25. The van der Waals surface area contributed by atoms with Crippen LogP contribution < -0.4 is 5.32 Å². The highest BCUT2D eigenvalue weighted by Gasteiger charge is 2.00. The van der Waals surface area contributed by atoms with E-state index < -0.39 is 0 Å². The molecule has 14 heavy (non-hydrogen) atoms. The molecule has 0 saturated carbocycles. The summed E-state index contributed by atoms with van der Waals surface area (Å²) in [4.78, 5) is 11.2. The maximum absolute atomic E-state index is 11.2. The first-order chi connectivity index (χ1) is 6.70. The van der Waals surface area contributed by atoms with Crippen molar-refractivity contribution in [2.45, 2.75) is 13.8 Å². The van der Waals surface area contributed by atoms with E-state index in [2.05, 4.69) is 5.32 Å². The summed E-state index contributed by atoms with van der Waals surface area (Å²) in [7, 11) is 0. The van der Waals surface area contributed by atoms with Gasteiger partial charge in [-0.15, -0.1) is 0 Å². The number of hydrogen-bond donors (Lipinski definition) is 1. The van der Waals surface area contributed by atoms with Crippen LogP contribution in [-0.4, -0.2) is 5.78 Å². The molecule has 0 bridgehead atoms. The molecule has 0 saturated heterocycles. The largest absolute Gasteiger partial charge is 0.362 e. The van der Waals surface area contributed by atoms with Crippen LogP contribution in [0.25, 0.3) is 0 Å². The second-order valence-corrected chi connectivity index (χ2v) is 3.40. The minimum atomic E-state index is 0.0591. The first-order valence-electron chi connectivity index (χ1n) is 4.72. The Morgan fingerprint density at radius 1 is 1.29 bits per heavy atom. The third-order valence-electron chi connectivity index (χ3n) is 1.84. The predicted octanol–water partition coefficient (Wildman–Crippen LogP) is 2.84. The van der Waals surface area contributed by atoms with Gasteiger partial charge in [0.2, 0.25) is 0 Å². The quantitative estimate of drug-likeness (QED) is 0.738. The number of benzene rings is 1. The molecule has 0 aliphatic rings. The van der Waals surface area contributed by atoms with Gasteiger partial charge in [0.05, 0.1) is 0 Å². The van der Waals surface area contributed by atoms with Crippen molar-refractivity contribution in [1.82, 2.24) is 0 Å². The van der Waals surface area contributed by atoms with E-state index in [9.17, 15) is 4.79 Å². The lowest BCUT2D eigenvalue weighted by Crippen LogP contribution is -2.03. The molecule has 0 aromatic heterocycles. The number of rotatable bonds is 4. The highest BCUT2D eigenvalue weighted by Crippen LogP contribution is 2.04. The van der Waals surface area contributed by atoms with Crippen molar-refractivity contribution in [3.05, 3.63) is 42.6 Å². The monoisotopic (exact) mass is 189 g/mol. The van der Waals surface area contributed by atoms with Gasteiger partial charge in [-0.05, 0) is 18.2 Å². The number of carbonyl (C=O) groups is 1. The van der Waals surface area contributed by atoms with Crippen molar-refractivity contribution >= 4 is 11.5 Å². The van der Waals surface area contributed by atoms with Crippen LogP contribution in [0.3, 0.4) is 0 Å². The maximum atomic E-state index is 11.2. The number of hydrogen-bond acceptors (Lipinski definition) is 2. The lowest BCUT2D eigenvalue weighted by molar-refractivity contribution is -0.117. The number of carbonyl (C=O) groups excluding carboxylic acids is 1. The van der Waals surface area contributed by atoms with Gasteiger partial charge < -0.3 is 5.32 Å². The standard InChI is InChI=1S/C12H15NO/c1-10(2)12(14)8-9-13-11-6-4-3-5-7-11/h3-10,13H,1-2H3/b9-8+. The molecular weight excluding hydrogens is 174 g/mol. The first kappa shape index (κ1) is 10.5. The van der Waals surface area contributed by atoms with E-state index in [1.807, 2.05) is 44.2 Å². The number of nitrogens with one attached hydrogen (secondary N) is 1. The average molecular weight is 189 g/mol. The van der Waals surface area contributed by atoms with E-state index in [0.29, 0.717) is 0 Å². The van der Waals surface area contributed by atoms with Gasteiger partial charge in [0.15, 0.2) is 5.78 Å². The lowest BCUT2D eigenvalue weighted by atomic mass is 10.1. The van der Waals surface area contributed by atoms with E-state index in [1.165, 1.54) is 0 Å². The first-order valence-corrected chi connectivity index (χ1v) is 4.72. The van der Waals surface area contributed by atoms with Gasteiger partial charge in [-0.2, -0.15) is 0 Å². The van der Waals surface area contributed by atoms with E-state index in [4.69, 9.17) is 0 Å². The molecule has 1 rings (SSSR count). The van der Waals surface area contributed by atoms with E-state index >= 15 is 0 Å². The van der Waals surface area contributed by atoms with Crippen LogP contribution in [0.1, 0.15) is 13.8 Å². The van der Waals surface area contributed by atoms with Crippen LogP contribution in [0.2, 0.25) is 0 Å². The van der Waals surface area contributed by atoms with E-state index in [1.54, 1.807) is 12.3 Å². The normalized spacial score (nSPS) is 10.8. The summed E-state index contributed by atoms with van der Waals surface area (Å²) in [5.74, 6) is 0.192. The zero-order valence-electron chi connectivity index (χ0n) is 8.53.